The first-order valence-electron chi connectivity index (χ1n) is 6.78. The van der Waals surface area contributed by atoms with Gasteiger partial charge in [-0.2, -0.15) is 5.10 Å². The second kappa shape index (κ2) is 5.65. The van der Waals surface area contributed by atoms with Crippen LogP contribution in [0.1, 0.15) is 26.6 Å². The van der Waals surface area contributed by atoms with Crippen molar-refractivity contribution in [3.8, 4) is 0 Å². The molecule has 2 heterocycles. The first-order chi connectivity index (χ1) is 10.1. The van der Waals surface area contributed by atoms with Gasteiger partial charge in [-0.25, -0.2) is 9.50 Å². The van der Waals surface area contributed by atoms with Crippen LogP contribution in [-0.2, 0) is 6.42 Å². The van der Waals surface area contributed by atoms with Crippen molar-refractivity contribution in [3.63, 3.8) is 0 Å². The summed E-state index contributed by atoms with van der Waals surface area (Å²) in [6, 6.07) is 7.55. The van der Waals surface area contributed by atoms with Crippen molar-refractivity contribution in [1.82, 2.24) is 19.9 Å². The molecule has 21 heavy (non-hydrogen) atoms. The topological polar surface area (TPSA) is 59.3 Å². The highest BCUT2D eigenvalue weighted by molar-refractivity contribution is 7.16. The third kappa shape index (κ3) is 3.11. The molecule has 2 aromatic heterocycles. The van der Waals surface area contributed by atoms with E-state index in [-0.39, 0.29) is 5.91 Å². The number of benzene rings is 1. The van der Waals surface area contributed by atoms with Gasteiger partial charge >= 0.3 is 0 Å². The van der Waals surface area contributed by atoms with E-state index < -0.39 is 0 Å². The maximum Gasteiger partial charge on any atom is 0.251 e. The van der Waals surface area contributed by atoms with Crippen LogP contribution >= 0.6 is 11.3 Å². The van der Waals surface area contributed by atoms with Crippen LogP contribution in [0.4, 0.5) is 0 Å². The quantitative estimate of drug-likeness (QED) is 0.805. The van der Waals surface area contributed by atoms with Gasteiger partial charge in [0.05, 0.1) is 11.9 Å². The SMILES string of the molecule is Cc1ccc(C(=O)NCCc2nn3cc(C)nc3s2)cc1. The Kier molecular flexibility index (Phi) is 3.70. The first-order valence-corrected chi connectivity index (χ1v) is 7.60. The molecule has 1 aromatic carbocycles. The molecule has 1 amide bonds. The molecule has 0 saturated carbocycles. The number of aromatic nitrogens is 3. The highest BCUT2D eigenvalue weighted by Gasteiger charge is 2.08. The van der Waals surface area contributed by atoms with Crippen LogP contribution in [0.5, 0.6) is 0 Å². The van der Waals surface area contributed by atoms with Gasteiger partial charge in [0, 0.05) is 18.5 Å². The maximum atomic E-state index is 12.0. The van der Waals surface area contributed by atoms with Gasteiger partial charge in [0.15, 0.2) is 0 Å². The Morgan fingerprint density at radius 3 is 2.76 bits per heavy atom. The molecule has 6 heteroatoms. The standard InChI is InChI=1S/C15H16N4OS/c1-10-3-5-12(6-4-10)14(20)16-8-7-13-18-19-9-11(2)17-15(19)21-13/h3-6,9H,7-8H2,1-2H3,(H,16,20). The number of hydrogen-bond acceptors (Lipinski definition) is 4. The maximum absolute atomic E-state index is 12.0. The fourth-order valence-corrected chi connectivity index (χ4v) is 2.96. The van der Waals surface area contributed by atoms with Crippen molar-refractivity contribution < 1.29 is 4.79 Å². The van der Waals surface area contributed by atoms with Crippen LogP contribution < -0.4 is 5.32 Å². The molecule has 0 fully saturated rings. The van der Waals surface area contributed by atoms with Crippen LogP contribution in [0.25, 0.3) is 4.96 Å². The minimum Gasteiger partial charge on any atom is -0.352 e. The van der Waals surface area contributed by atoms with Crippen LogP contribution in [-0.4, -0.2) is 27.0 Å². The smallest absolute Gasteiger partial charge is 0.251 e. The number of hydrogen-bond donors (Lipinski definition) is 1. The third-order valence-corrected chi connectivity index (χ3v) is 4.13. The second-order valence-electron chi connectivity index (χ2n) is 4.98. The highest BCUT2D eigenvalue weighted by atomic mass is 32.1. The molecule has 0 aliphatic rings. The summed E-state index contributed by atoms with van der Waals surface area (Å²) in [7, 11) is 0. The number of carbonyl (C=O) groups excluding carboxylic acids is 1. The summed E-state index contributed by atoms with van der Waals surface area (Å²) < 4.78 is 1.79. The van der Waals surface area contributed by atoms with Crippen molar-refractivity contribution in [2.45, 2.75) is 20.3 Å². The molecule has 0 atom stereocenters. The monoisotopic (exact) mass is 300 g/mol. The number of rotatable bonds is 4. The summed E-state index contributed by atoms with van der Waals surface area (Å²) in [4.78, 5) is 17.2. The van der Waals surface area contributed by atoms with E-state index >= 15 is 0 Å². The van der Waals surface area contributed by atoms with Gasteiger partial charge in [-0.1, -0.05) is 29.0 Å². The number of carbonyl (C=O) groups is 1. The number of nitrogens with one attached hydrogen (secondary N) is 1. The Morgan fingerprint density at radius 2 is 2.05 bits per heavy atom. The minimum atomic E-state index is -0.0489. The lowest BCUT2D eigenvalue weighted by Crippen LogP contribution is -2.25. The number of fused-ring (bicyclic) bond motifs is 1. The van der Waals surface area contributed by atoms with E-state index in [1.165, 1.54) is 0 Å². The van der Waals surface area contributed by atoms with Gasteiger partial charge in [-0.05, 0) is 26.0 Å². The lowest BCUT2D eigenvalue weighted by molar-refractivity contribution is 0.0954. The summed E-state index contributed by atoms with van der Waals surface area (Å²) in [6.07, 6.45) is 2.62. The van der Waals surface area contributed by atoms with E-state index in [1.54, 1.807) is 15.9 Å². The zero-order valence-corrected chi connectivity index (χ0v) is 12.8. The van der Waals surface area contributed by atoms with Gasteiger partial charge in [0.2, 0.25) is 4.96 Å². The predicted molar refractivity (Wildman–Crippen MR) is 82.8 cm³/mol. The number of amides is 1. The second-order valence-corrected chi connectivity index (χ2v) is 6.02. The van der Waals surface area contributed by atoms with Crippen LogP contribution in [0.2, 0.25) is 0 Å². The summed E-state index contributed by atoms with van der Waals surface area (Å²) >= 11 is 1.56. The summed E-state index contributed by atoms with van der Waals surface area (Å²) in [5.74, 6) is -0.0489. The molecule has 0 aliphatic heterocycles. The average molecular weight is 300 g/mol. The molecule has 0 unspecified atom stereocenters. The average Bonchev–Trinajstić information content (AvgIpc) is 2.96. The van der Waals surface area contributed by atoms with Gasteiger partial charge < -0.3 is 5.32 Å². The van der Waals surface area contributed by atoms with Crippen LogP contribution in [0.15, 0.2) is 30.5 Å². The summed E-state index contributed by atoms with van der Waals surface area (Å²) in [5.41, 5.74) is 2.80. The molecular formula is C15H16N4OS. The van der Waals surface area contributed by atoms with E-state index in [1.807, 2.05) is 44.3 Å². The molecule has 0 spiro atoms. The normalized spacial score (nSPS) is 11.0. The lowest BCUT2D eigenvalue weighted by Gasteiger charge is -2.04. The van der Waals surface area contributed by atoms with Crippen LogP contribution in [0, 0.1) is 13.8 Å². The number of nitrogens with zero attached hydrogens (tertiary/aromatic N) is 3. The fraction of sp³-hybridized carbons (Fsp3) is 0.267. The van der Waals surface area contributed by atoms with Crippen LogP contribution in [0.3, 0.4) is 0 Å². The van der Waals surface area contributed by atoms with E-state index in [9.17, 15) is 4.79 Å². The number of aryl methyl sites for hydroxylation is 2. The molecule has 0 saturated heterocycles. The van der Waals surface area contributed by atoms with Gasteiger partial charge in [-0.15, -0.1) is 0 Å². The van der Waals surface area contributed by atoms with Crippen molar-refractivity contribution in [2.24, 2.45) is 0 Å². The van der Waals surface area contributed by atoms with Crippen molar-refractivity contribution in [3.05, 3.63) is 52.3 Å². The Morgan fingerprint density at radius 1 is 1.29 bits per heavy atom. The molecule has 108 valence electrons. The van der Waals surface area contributed by atoms with E-state index in [4.69, 9.17) is 0 Å². The molecule has 5 nitrogen and oxygen atoms in total. The Hall–Kier alpha value is -2.21. The van der Waals surface area contributed by atoms with Crippen molar-refractivity contribution in [2.75, 3.05) is 6.54 Å². The largest absolute Gasteiger partial charge is 0.352 e. The van der Waals surface area contributed by atoms with Gasteiger partial charge in [0.25, 0.3) is 5.91 Å². The highest BCUT2D eigenvalue weighted by Crippen LogP contribution is 2.14. The fourth-order valence-electron chi connectivity index (χ4n) is 2.04. The van der Waals surface area contributed by atoms with E-state index in [2.05, 4.69) is 15.4 Å². The van der Waals surface area contributed by atoms with Crippen molar-refractivity contribution >= 4 is 22.2 Å². The molecule has 3 rings (SSSR count). The number of imidazole rings is 1. The van der Waals surface area contributed by atoms with Crippen molar-refractivity contribution in [1.29, 1.82) is 0 Å². The Balaban J connectivity index is 1.56. The Labute approximate surface area is 126 Å². The molecule has 1 N–H and O–H groups in total. The Bertz CT molecular complexity index is 741. The minimum absolute atomic E-state index is 0.0489. The zero-order chi connectivity index (χ0) is 14.8. The lowest BCUT2D eigenvalue weighted by atomic mass is 10.1. The predicted octanol–water partition coefficient (Wildman–Crippen LogP) is 2.38. The third-order valence-electron chi connectivity index (χ3n) is 3.14. The summed E-state index contributed by atoms with van der Waals surface area (Å²) in [5, 5.41) is 8.32. The van der Waals surface area contributed by atoms with Gasteiger partial charge in [-0.3, -0.25) is 4.79 Å². The molecule has 0 radical (unpaired) electrons. The van der Waals surface area contributed by atoms with E-state index in [0.717, 1.165) is 21.2 Å². The molecule has 3 aromatic rings. The molecular weight excluding hydrogens is 284 g/mol. The summed E-state index contributed by atoms with van der Waals surface area (Å²) in [6.45, 7) is 4.52. The molecule has 0 bridgehead atoms. The molecule has 0 aliphatic carbocycles. The van der Waals surface area contributed by atoms with Gasteiger partial charge in [0.1, 0.15) is 5.01 Å². The first kappa shape index (κ1) is 13.8. The van der Waals surface area contributed by atoms with E-state index in [0.29, 0.717) is 18.5 Å². The zero-order valence-electron chi connectivity index (χ0n) is 12.0.